The van der Waals surface area contributed by atoms with Crippen LogP contribution in [0.3, 0.4) is 0 Å². The second-order valence-corrected chi connectivity index (χ2v) is 4.22. The third kappa shape index (κ3) is 1.30. The maximum absolute atomic E-state index is 11.4. The molecule has 1 N–H and O–H groups in total. The number of aromatic nitrogens is 3. The zero-order valence-electron chi connectivity index (χ0n) is 7.49. The predicted octanol–water partition coefficient (Wildman–Crippen LogP) is 0.859. The molecule has 0 unspecified atom stereocenters. The Balaban J connectivity index is 1.93. The van der Waals surface area contributed by atoms with Gasteiger partial charge in [-0.15, -0.1) is 0 Å². The van der Waals surface area contributed by atoms with Gasteiger partial charge >= 0.3 is 5.69 Å². The van der Waals surface area contributed by atoms with Crippen molar-refractivity contribution >= 4 is 0 Å². The van der Waals surface area contributed by atoms with Gasteiger partial charge in [-0.25, -0.2) is 9.89 Å². The van der Waals surface area contributed by atoms with Gasteiger partial charge in [-0.2, -0.15) is 5.10 Å². The topological polar surface area (TPSA) is 50.7 Å². The molecule has 1 heterocycles. The fourth-order valence-corrected chi connectivity index (χ4v) is 1.72. The summed E-state index contributed by atoms with van der Waals surface area (Å²) in [6, 6.07) is 0. The minimum absolute atomic E-state index is 0.0196. The number of nitrogens with zero attached hydrogens (tertiary/aromatic N) is 2. The van der Waals surface area contributed by atoms with Crippen LogP contribution in [0.15, 0.2) is 4.79 Å². The van der Waals surface area contributed by atoms with Gasteiger partial charge in [0, 0.05) is 12.5 Å². The monoisotopic (exact) mass is 179 g/mol. The van der Waals surface area contributed by atoms with Gasteiger partial charge in [0.1, 0.15) is 5.82 Å². The minimum Gasteiger partial charge on any atom is -0.279 e. The molecule has 0 bridgehead atoms. The molecule has 1 aromatic heterocycles. The van der Waals surface area contributed by atoms with Crippen molar-refractivity contribution in [2.75, 3.05) is 0 Å². The van der Waals surface area contributed by atoms with Crippen LogP contribution in [0.1, 0.15) is 37.4 Å². The molecule has 0 atom stereocenters. The zero-order chi connectivity index (χ0) is 8.84. The van der Waals surface area contributed by atoms with Crippen LogP contribution in [0.25, 0.3) is 0 Å². The SMILES string of the molecule is O=c1[nH]nc(C2CC2)n1CC1CC1. The summed E-state index contributed by atoms with van der Waals surface area (Å²) in [5.41, 5.74) is -0.0196. The van der Waals surface area contributed by atoms with E-state index in [4.69, 9.17) is 0 Å². The lowest BCUT2D eigenvalue weighted by Crippen LogP contribution is -2.19. The van der Waals surface area contributed by atoms with Gasteiger partial charge in [-0.3, -0.25) is 4.57 Å². The zero-order valence-corrected chi connectivity index (χ0v) is 7.49. The third-order valence-corrected chi connectivity index (χ3v) is 2.87. The largest absolute Gasteiger partial charge is 0.343 e. The Morgan fingerprint density at radius 3 is 2.77 bits per heavy atom. The molecule has 0 aromatic carbocycles. The van der Waals surface area contributed by atoms with Gasteiger partial charge in [-0.1, -0.05) is 0 Å². The smallest absolute Gasteiger partial charge is 0.279 e. The summed E-state index contributed by atoms with van der Waals surface area (Å²) in [7, 11) is 0. The molecule has 0 spiro atoms. The molecule has 2 aliphatic rings. The lowest BCUT2D eigenvalue weighted by atomic mass is 10.3. The lowest BCUT2D eigenvalue weighted by Gasteiger charge is -2.01. The average molecular weight is 179 g/mol. The maximum atomic E-state index is 11.4. The fraction of sp³-hybridized carbons (Fsp3) is 0.778. The molecule has 4 heteroatoms. The molecule has 13 heavy (non-hydrogen) atoms. The number of H-pyrrole nitrogens is 1. The van der Waals surface area contributed by atoms with Crippen molar-refractivity contribution in [3.63, 3.8) is 0 Å². The van der Waals surface area contributed by atoms with E-state index in [1.54, 1.807) is 0 Å². The second-order valence-electron chi connectivity index (χ2n) is 4.22. The molecule has 3 rings (SSSR count). The molecule has 1 aromatic rings. The average Bonchev–Trinajstić information content (AvgIpc) is 2.97. The van der Waals surface area contributed by atoms with E-state index in [0.717, 1.165) is 18.3 Å². The quantitative estimate of drug-likeness (QED) is 0.748. The summed E-state index contributed by atoms with van der Waals surface area (Å²) >= 11 is 0. The van der Waals surface area contributed by atoms with Gasteiger partial charge in [0.15, 0.2) is 0 Å². The fourth-order valence-electron chi connectivity index (χ4n) is 1.72. The van der Waals surface area contributed by atoms with E-state index in [0.29, 0.717) is 5.92 Å². The molecule has 0 saturated heterocycles. The first-order chi connectivity index (χ1) is 6.34. The third-order valence-electron chi connectivity index (χ3n) is 2.87. The van der Waals surface area contributed by atoms with Gasteiger partial charge < -0.3 is 0 Å². The molecule has 4 nitrogen and oxygen atoms in total. The van der Waals surface area contributed by atoms with E-state index in [9.17, 15) is 4.79 Å². The number of hydrogen-bond acceptors (Lipinski definition) is 2. The Hall–Kier alpha value is -1.06. The molecule has 0 radical (unpaired) electrons. The van der Waals surface area contributed by atoms with E-state index < -0.39 is 0 Å². The first-order valence-corrected chi connectivity index (χ1v) is 4.99. The Bertz CT molecular complexity index is 370. The standard InChI is InChI=1S/C9H13N3O/c13-9-11-10-8(7-3-4-7)12(9)5-6-1-2-6/h6-7H,1-5H2,(H,11,13). The van der Waals surface area contributed by atoms with Crippen LogP contribution in [0, 0.1) is 5.92 Å². The molecule has 2 fully saturated rings. The Morgan fingerprint density at radius 1 is 1.38 bits per heavy atom. The summed E-state index contributed by atoms with van der Waals surface area (Å²) in [6.07, 6.45) is 4.97. The highest BCUT2D eigenvalue weighted by Crippen LogP contribution is 2.39. The van der Waals surface area contributed by atoms with Crippen LogP contribution >= 0.6 is 0 Å². The maximum Gasteiger partial charge on any atom is 0.343 e. The van der Waals surface area contributed by atoms with Crippen LogP contribution in [0.2, 0.25) is 0 Å². The van der Waals surface area contributed by atoms with Gasteiger partial charge in [0.2, 0.25) is 0 Å². The van der Waals surface area contributed by atoms with Gasteiger partial charge in [0.05, 0.1) is 0 Å². The van der Waals surface area contributed by atoms with Crippen molar-refractivity contribution in [1.29, 1.82) is 0 Å². The summed E-state index contributed by atoms with van der Waals surface area (Å²) in [6.45, 7) is 0.890. The Kier molecular flexibility index (Phi) is 1.39. The summed E-state index contributed by atoms with van der Waals surface area (Å²) in [5.74, 6) is 2.31. The van der Waals surface area contributed by atoms with E-state index in [2.05, 4.69) is 10.2 Å². The minimum atomic E-state index is -0.0196. The predicted molar refractivity (Wildman–Crippen MR) is 47.5 cm³/mol. The Labute approximate surface area is 76.0 Å². The Morgan fingerprint density at radius 2 is 2.15 bits per heavy atom. The first kappa shape index (κ1) is 7.35. The lowest BCUT2D eigenvalue weighted by molar-refractivity contribution is 0.581. The van der Waals surface area contributed by atoms with Crippen LogP contribution in [-0.4, -0.2) is 14.8 Å². The molecule has 2 aliphatic carbocycles. The highest BCUT2D eigenvalue weighted by molar-refractivity contribution is 5.05. The van der Waals surface area contributed by atoms with Crippen molar-refractivity contribution in [1.82, 2.24) is 14.8 Å². The van der Waals surface area contributed by atoms with Gasteiger partial charge in [-0.05, 0) is 31.6 Å². The number of nitrogens with one attached hydrogen (secondary N) is 1. The van der Waals surface area contributed by atoms with Crippen LogP contribution < -0.4 is 5.69 Å². The molecule has 2 saturated carbocycles. The van der Waals surface area contributed by atoms with Gasteiger partial charge in [0.25, 0.3) is 0 Å². The van der Waals surface area contributed by atoms with Crippen LogP contribution in [-0.2, 0) is 6.54 Å². The molecule has 0 aliphatic heterocycles. The van der Waals surface area contributed by atoms with Crippen LogP contribution in [0.5, 0.6) is 0 Å². The summed E-state index contributed by atoms with van der Waals surface area (Å²) in [4.78, 5) is 11.4. The van der Waals surface area contributed by atoms with Crippen molar-refractivity contribution in [2.45, 2.75) is 38.1 Å². The number of aromatic amines is 1. The van der Waals surface area contributed by atoms with E-state index in [-0.39, 0.29) is 5.69 Å². The first-order valence-electron chi connectivity index (χ1n) is 4.99. The normalized spacial score (nSPS) is 22.2. The van der Waals surface area contributed by atoms with Crippen molar-refractivity contribution < 1.29 is 0 Å². The van der Waals surface area contributed by atoms with Crippen molar-refractivity contribution in [3.8, 4) is 0 Å². The van der Waals surface area contributed by atoms with E-state index >= 15 is 0 Å². The molecule has 70 valence electrons. The molecular formula is C9H13N3O. The highest BCUT2D eigenvalue weighted by Gasteiger charge is 2.31. The summed E-state index contributed by atoms with van der Waals surface area (Å²) < 4.78 is 1.84. The van der Waals surface area contributed by atoms with E-state index in [1.807, 2.05) is 4.57 Å². The second kappa shape index (κ2) is 2.47. The van der Waals surface area contributed by atoms with Crippen LogP contribution in [0.4, 0.5) is 0 Å². The molecular weight excluding hydrogens is 166 g/mol. The summed E-state index contributed by atoms with van der Waals surface area (Å²) in [5, 5.41) is 6.63. The number of rotatable bonds is 3. The van der Waals surface area contributed by atoms with E-state index in [1.165, 1.54) is 25.7 Å². The van der Waals surface area contributed by atoms with Crippen molar-refractivity contribution in [2.24, 2.45) is 5.92 Å². The molecule has 0 amide bonds. The van der Waals surface area contributed by atoms with Crippen molar-refractivity contribution in [3.05, 3.63) is 16.3 Å². The number of hydrogen-bond donors (Lipinski definition) is 1. The highest BCUT2D eigenvalue weighted by atomic mass is 16.1.